The topological polar surface area (TPSA) is 29.5 Å². The second-order valence-corrected chi connectivity index (χ2v) is 4.95. The lowest BCUT2D eigenvalue weighted by molar-refractivity contribution is -0.117. The maximum absolute atomic E-state index is 12.1. The lowest BCUT2D eigenvalue weighted by Crippen LogP contribution is -2.28. The number of benzene rings is 2. The van der Waals surface area contributed by atoms with Gasteiger partial charge >= 0.3 is 0 Å². The van der Waals surface area contributed by atoms with Crippen LogP contribution < -0.4 is 9.64 Å². The van der Waals surface area contributed by atoms with Crippen LogP contribution in [-0.2, 0) is 17.6 Å². The summed E-state index contributed by atoms with van der Waals surface area (Å²) in [4.78, 5) is 14.0. The van der Waals surface area contributed by atoms with Crippen molar-refractivity contribution in [1.82, 2.24) is 0 Å². The van der Waals surface area contributed by atoms with E-state index in [-0.39, 0.29) is 5.91 Å². The van der Waals surface area contributed by atoms with E-state index in [0.29, 0.717) is 6.42 Å². The highest BCUT2D eigenvalue weighted by molar-refractivity contribution is 6.01. The molecule has 0 N–H and O–H groups in total. The van der Waals surface area contributed by atoms with Gasteiger partial charge in [-0.05, 0) is 35.7 Å². The van der Waals surface area contributed by atoms with Gasteiger partial charge in [0.1, 0.15) is 5.75 Å². The van der Waals surface area contributed by atoms with Gasteiger partial charge in [0.2, 0.25) is 5.91 Å². The van der Waals surface area contributed by atoms with Crippen molar-refractivity contribution in [1.29, 1.82) is 0 Å². The molecular weight excluding hydrogens is 250 g/mol. The van der Waals surface area contributed by atoms with Gasteiger partial charge in [-0.2, -0.15) is 0 Å². The Morgan fingerprint density at radius 3 is 2.70 bits per heavy atom. The second-order valence-electron chi connectivity index (χ2n) is 4.95. The van der Waals surface area contributed by atoms with Crippen LogP contribution in [-0.4, -0.2) is 19.6 Å². The molecule has 3 rings (SSSR count). The monoisotopic (exact) mass is 267 g/mol. The summed E-state index contributed by atoms with van der Waals surface area (Å²) >= 11 is 0. The van der Waals surface area contributed by atoms with E-state index in [1.165, 1.54) is 5.56 Å². The first kappa shape index (κ1) is 12.7. The molecule has 3 heteroatoms. The molecule has 3 nitrogen and oxygen atoms in total. The molecule has 1 amide bonds. The van der Waals surface area contributed by atoms with Gasteiger partial charge in [0.05, 0.1) is 13.5 Å². The third-order valence-electron chi connectivity index (χ3n) is 3.69. The minimum atomic E-state index is 0.171. The molecule has 1 aliphatic heterocycles. The summed E-state index contributed by atoms with van der Waals surface area (Å²) in [7, 11) is 1.64. The standard InChI is InChI=1S/C17H17NO2/c1-20-15-7-8-16-14(11-15)12-17(19)18(16)10-9-13-5-3-2-4-6-13/h2-8,11H,9-10,12H2,1H3. The highest BCUT2D eigenvalue weighted by Crippen LogP contribution is 2.32. The zero-order valence-electron chi connectivity index (χ0n) is 11.5. The normalized spacial score (nSPS) is 13.4. The van der Waals surface area contributed by atoms with Crippen molar-refractivity contribution in [2.45, 2.75) is 12.8 Å². The van der Waals surface area contributed by atoms with Gasteiger partial charge in [0.15, 0.2) is 0 Å². The van der Waals surface area contributed by atoms with Crippen LogP contribution in [0.5, 0.6) is 5.75 Å². The van der Waals surface area contributed by atoms with Crippen molar-refractivity contribution in [3.63, 3.8) is 0 Å². The average Bonchev–Trinajstić information content (AvgIpc) is 2.80. The van der Waals surface area contributed by atoms with Crippen LogP contribution in [0.1, 0.15) is 11.1 Å². The van der Waals surface area contributed by atoms with Crippen LogP contribution in [0.3, 0.4) is 0 Å². The fourth-order valence-corrected chi connectivity index (χ4v) is 2.62. The lowest BCUT2D eigenvalue weighted by Gasteiger charge is -2.17. The third-order valence-corrected chi connectivity index (χ3v) is 3.69. The van der Waals surface area contributed by atoms with Crippen LogP contribution in [0, 0.1) is 0 Å². The molecule has 0 bridgehead atoms. The first-order valence-corrected chi connectivity index (χ1v) is 6.79. The summed E-state index contributed by atoms with van der Waals surface area (Å²) in [5.41, 5.74) is 3.33. The molecule has 0 saturated carbocycles. The fourth-order valence-electron chi connectivity index (χ4n) is 2.62. The molecule has 0 aromatic heterocycles. The molecule has 0 unspecified atom stereocenters. The Morgan fingerprint density at radius 2 is 1.95 bits per heavy atom. The van der Waals surface area contributed by atoms with E-state index in [2.05, 4.69) is 12.1 Å². The predicted molar refractivity (Wildman–Crippen MR) is 79.2 cm³/mol. The van der Waals surface area contributed by atoms with E-state index in [4.69, 9.17) is 4.74 Å². The number of amides is 1. The summed E-state index contributed by atoms with van der Waals surface area (Å²) in [6.07, 6.45) is 1.35. The molecule has 0 aliphatic carbocycles. The predicted octanol–water partition coefficient (Wildman–Crippen LogP) is 2.83. The Morgan fingerprint density at radius 1 is 1.15 bits per heavy atom. The molecule has 1 aliphatic rings. The van der Waals surface area contributed by atoms with Crippen LogP contribution >= 0.6 is 0 Å². The van der Waals surface area contributed by atoms with Gasteiger partial charge < -0.3 is 9.64 Å². The molecule has 0 saturated heterocycles. The summed E-state index contributed by atoms with van der Waals surface area (Å²) in [6.45, 7) is 0.724. The SMILES string of the molecule is COc1ccc2c(c1)CC(=O)N2CCc1ccccc1. The molecule has 20 heavy (non-hydrogen) atoms. The number of methoxy groups -OCH3 is 1. The molecule has 0 spiro atoms. The highest BCUT2D eigenvalue weighted by atomic mass is 16.5. The van der Waals surface area contributed by atoms with E-state index in [9.17, 15) is 4.79 Å². The molecule has 0 radical (unpaired) electrons. The first-order chi connectivity index (χ1) is 9.78. The van der Waals surface area contributed by atoms with Gasteiger partial charge in [-0.15, -0.1) is 0 Å². The van der Waals surface area contributed by atoms with Crippen LogP contribution in [0.4, 0.5) is 5.69 Å². The number of rotatable bonds is 4. The largest absolute Gasteiger partial charge is 0.497 e. The van der Waals surface area contributed by atoms with Gasteiger partial charge in [-0.1, -0.05) is 30.3 Å². The number of nitrogens with zero attached hydrogens (tertiary/aromatic N) is 1. The number of carbonyl (C=O) groups excluding carboxylic acids is 1. The summed E-state index contributed by atoms with van der Waals surface area (Å²) in [5, 5.41) is 0. The van der Waals surface area contributed by atoms with Crippen molar-refractivity contribution >= 4 is 11.6 Å². The van der Waals surface area contributed by atoms with Crippen molar-refractivity contribution < 1.29 is 9.53 Å². The fraction of sp³-hybridized carbons (Fsp3) is 0.235. The first-order valence-electron chi connectivity index (χ1n) is 6.79. The molecule has 1 heterocycles. The van der Waals surface area contributed by atoms with E-state index >= 15 is 0 Å². The number of anilines is 1. The third kappa shape index (κ3) is 2.39. The van der Waals surface area contributed by atoms with Gasteiger partial charge in [-0.25, -0.2) is 0 Å². The number of fused-ring (bicyclic) bond motifs is 1. The molecule has 2 aromatic rings. The van der Waals surface area contributed by atoms with Gasteiger partial charge in [0, 0.05) is 12.2 Å². The van der Waals surface area contributed by atoms with E-state index in [0.717, 1.165) is 30.0 Å². The lowest BCUT2D eigenvalue weighted by atomic mass is 10.1. The summed E-state index contributed by atoms with van der Waals surface area (Å²) < 4.78 is 5.21. The van der Waals surface area contributed by atoms with Crippen LogP contribution in [0.2, 0.25) is 0 Å². The highest BCUT2D eigenvalue weighted by Gasteiger charge is 2.27. The number of carbonyl (C=O) groups is 1. The van der Waals surface area contributed by atoms with Crippen LogP contribution in [0.15, 0.2) is 48.5 Å². The molecule has 0 atom stereocenters. The smallest absolute Gasteiger partial charge is 0.231 e. The minimum absolute atomic E-state index is 0.171. The zero-order valence-corrected chi connectivity index (χ0v) is 11.5. The zero-order chi connectivity index (χ0) is 13.9. The molecular formula is C17H17NO2. The number of hydrogen-bond donors (Lipinski definition) is 0. The van der Waals surface area contributed by atoms with Crippen molar-refractivity contribution in [3.8, 4) is 5.75 Å². The van der Waals surface area contributed by atoms with E-state index < -0.39 is 0 Å². The van der Waals surface area contributed by atoms with Gasteiger partial charge in [0.25, 0.3) is 0 Å². The van der Waals surface area contributed by atoms with Crippen molar-refractivity contribution in [3.05, 3.63) is 59.7 Å². The summed E-state index contributed by atoms with van der Waals surface area (Å²) in [5.74, 6) is 0.977. The maximum Gasteiger partial charge on any atom is 0.231 e. The summed E-state index contributed by atoms with van der Waals surface area (Å²) in [6, 6.07) is 16.1. The molecule has 102 valence electrons. The quantitative estimate of drug-likeness (QED) is 0.852. The van der Waals surface area contributed by atoms with Crippen molar-refractivity contribution in [2.75, 3.05) is 18.6 Å². The van der Waals surface area contributed by atoms with Crippen molar-refractivity contribution in [2.24, 2.45) is 0 Å². The second kappa shape index (κ2) is 5.37. The Hall–Kier alpha value is -2.29. The van der Waals surface area contributed by atoms with Crippen LogP contribution in [0.25, 0.3) is 0 Å². The Bertz CT molecular complexity index is 622. The minimum Gasteiger partial charge on any atom is -0.497 e. The maximum atomic E-state index is 12.1. The molecule has 0 fully saturated rings. The van der Waals surface area contributed by atoms with E-state index in [1.807, 2.05) is 41.3 Å². The van der Waals surface area contributed by atoms with E-state index in [1.54, 1.807) is 7.11 Å². The average molecular weight is 267 g/mol. The Balaban J connectivity index is 1.77. The van der Waals surface area contributed by atoms with Gasteiger partial charge in [-0.3, -0.25) is 4.79 Å². The number of ether oxygens (including phenoxy) is 1. The number of hydrogen-bond acceptors (Lipinski definition) is 2. The molecule has 2 aromatic carbocycles. The Kier molecular flexibility index (Phi) is 3.42. The Labute approximate surface area is 118 Å².